The molecule has 1 aromatic rings. The SMILES string of the molecule is C=C(NC=O)C(CCC)N(C)C.CNc1ccc(C=O)cc1C=N. The minimum Gasteiger partial charge on any atom is -0.388 e. The van der Waals surface area contributed by atoms with Crippen molar-refractivity contribution in [2.75, 3.05) is 26.5 Å². The van der Waals surface area contributed by atoms with Crippen LogP contribution in [0.4, 0.5) is 5.69 Å². The molecule has 0 heterocycles. The Hall–Kier alpha value is -2.47. The smallest absolute Gasteiger partial charge is 0.211 e. The van der Waals surface area contributed by atoms with Crippen LogP contribution in [0, 0.1) is 5.41 Å². The van der Waals surface area contributed by atoms with E-state index in [-0.39, 0.29) is 6.04 Å². The van der Waals surface area contributed by atoms with Gasteiger partial charge >= 0.3 is 0 Å². The molecule has 3 N–H and O–H groups in total. The fourth-order valence-electron chi connectivity index (χ4n) is 2.19. The fraction of sp³-hybridized carbons (Fsp3) is 0.389. The number of likely N-dealkylation sites (N-methyl/N-ethyl adjacent to an activating group) is 1. The third kappa shape index (κ3) is 7.19. The third-order valence-corrected chi connectivity index (χ3v) is 3.47. The van der Waals surface area contributed by atoms with Crippen LogP contribution in [0.25, 0.3) is 0 Å². The standard InChI is InChI=1S/C9H10N2O.C9H18N2O/c1-11-9-3-2-7(6-12)4-8(9)5-10;1-5-6-9(11(3)4)8(2)10-7-12/h2-6,10-11H,1H3;7,9H,2,5-6H2,1,3-4H3,(H,10,12). The molecule has 0 aliphatic heterocycles. The van der Waals surface area contributed by atoms with Crippen LogP contribution in [-0.2, 0) is 4.79 Å². The summed E-state index contributed by atoms with van der Waals surface area (Å²) in [6, 6.07) is 5.42. The topological polar surface area (TPSA) is 85.3 Å². The van der Waals surface area contributed by atoms with Gasteiger partial charge in [-0.2, -0.15) is 0 Å². The maximum absolute atomic E-state index is 10.4. The van der Waals surface area contributed by atoms with Gasteiger partial charge in [0.25, 0.3) is 0 Å². The van der Waals surface area contributed by atoms with E-state index in [1.165, 1.54) is 6.21 Å². The molecule has 1 rings (SSSR count). The molecule has 0 saturated carbocycles. The number of anilines is 1. The van der Waals surface area contributed by atoms with E-state index in [0.717, 1.165) is 36.1 Å². The number of benzene rings is 1. The van der Waals surface area contributed by atoms with Crippen molar-refractivity contribution >= 4 is 24.6 Å². The van der Waals surface area contributed by atoms with Gasteiger partial charge in [-0.25, -0.2) is 0 Å². The van der Waals surface area contributed by atoms with Gasteiger partial charge in [0.05, 0.1) is 0 Å². The monoisotopic (exact) mass is 332 g/mol. The molecule has 0 bridgehead atoms. The Balaban J connectivity index is 0.000000441. The normalized spacial score (nSPS) is 10.9. The lowest BCUT2D eigenvalue weighted by Crippen LogP contribution is -2.34. The van der Waals surface area contributed by atoms with E-state index in [9.17, 15) is 9.59 Å². The number of hydrogen-bond donors (Lipinski definition) is 3. The van der Waals surface area contributed by atoms with Gasteiger partial charge in [-0.15, -0.1) is 0 Å². The van der Waals surface area contributed by atoms with Crippen molar-refractivity contribution in [3.63, 3.8) is 0 Å². The zero-order chi connectivity index (χ0) is 18.5. The summed E-state index contributed by atoms with van der Waals surface area (Å²) in [6.07, 6.45) is 4.77. The van der Waals surface area contributed by atoms with Crippen molar-refractivity contribution in [1.29, 1.82) is 5.41 Å². The molecule has 1 aromatic carbocycles. The van der Waals surface area contributed by atoms with Gasteiger partial charge in [-0.3, -0.25) is 9.59 Å². The zero-order valence-electron chi connectivity index (χ0n) is 14.9. The molecule has 0 aliphatic carbocycles. The number of carbonyl (C=O) groups excluding carboxylic acids is 2. The van der Waals surface area contributed by atoms with Crippen LogP contribution in [0.5, 0.6) is 0 Å². The second-order valence-corrected chi connectivity index (χ2v) is 5.41. The number of carbonyl (C=O) groups is 2. The Labute approximate surface area is 144 Å². The molecule has 1 amide bonds. The summed E-state index contributed by atoms with van der Waals surface area (Å²) < 4.78 is 0. The minimum atomic E-state index is 0.250. The van der Waals surface area contributed by atoms with Crippen LogP contribution < -0.4 is 10.6 Å². The van der Waals surface area contributed by atoms with Crippen LogP contribution >= 0.6 is 0 Å². The first-order valence-electron chi connectivity index (χ1n) is 7.77. The lowest BCUT2D eigenvalue weighted by molar-refractivity contribution is -0.109. The zero-order valence-corrected chi connectivity index (χ0v) is 14.9. The van der Waals surface area contributed by atoms with Crippen LogP contribution in [-0.4, -0.2) is 51.0 Å². The Bertz CT molecular complexity index is 556. The molecular formula is C18H28N4O2. The molecule has 1 unspecified atom stereocenters. The predicted molar refractivity (Wildman–Crippen MR) is 100.0 cm³/mol. The molecule has 132 valence electrons. The highest BCUT2D eigenvalue weighted by Gasteiger charge is 2.12. The second kappa shape index (κ2) is 12.0. The van der Waals surface area contributed by atoms with Gasteiger partial charge < -0.3 is 20.9 Å². The second-order valence-electron chi connectivity index (χ2n) is 5.41. The molecule has 6 nitrogen and oxygen atoms in total. The first kappa shape index (κ1) is 21.5. The number of nitrogens with one attached hydrogen (secondary N) is 3. The van der Waals surface area contributed by atoms with Gasteiger partial charge in [-0.1, -0.05) is 19.9 Å². The van der Waals surface area contributed by atoms with E-state index in [2.05, 4.69) is 29.0 Å². The van der Waals surface area contributed by atoms with Crippen LogP contribution in [0.2, 0.25) is 0 Å². The van der Waals surface area contributed by atoms with Crippen molar-refractivity contribution in [1.82, 2.24) is 10.2 Å². The number of nitrogens with zero attached hydrogens (tertiary/aromatic N) is 1. The Morgan fingerprint density at radius 3 is 2.46 bits per heavy atom. The van der Waals surface area contributed by atoms with Gasteiger partial charge in [0.15, 0.2) is 0 Å². The first-order valence-corrected chi connectivity index (χ1v) is 7.77. The van der Waals surface area contributed by atoms with E-state index in [1.54, 1.807) is 25.2 Å². The summed E-state index contributed by atoms with van der Waals surface area (Å²) in [7, 11) is 5.75. The van der Waals surface area contributed by atoms with Crippen LogP contribution in [0.3, 0.4) is 0 Å². The summed E-state index contributed by atoms with van der Waals surface area (Å²) in [6.45, 7) is 5.92. The summed E-state index contributed by atoms with van der Waals surface area (Å²) in [5, 5.41) is 12.6. The lowest BCUT2D eigenvalue weighted by atomic mass is 10.1. The van der Waals surface area contributed by atoms with E-state index < -0.39 is 0 Å². The van der Waals surface area contributed by atoms with E-state index >= 15 is 0 Å². The Morgan fingerprint density at radius 1 is 1.38 bits per heavy atom. The first-order chi connectivity index (χ1) is 11.4. The van der Waals surface area contributed by atoms with Crippen molar-refractivity contribution in [2.24, 2.45) is 0 Å². The minimum absolute atomic E-state index is 0.250. The maximum Gasteiger partial charge on any atom is 0.211 e. The van der Waals surface area contributed by atoms with Crippen molar-refractivity contribution in [3.8, 4) is 0 Å². The van der Waals surface area contributed by atoms with Gasteiger partial charge in [-0.05, 0) is 38.7 Å². The highest BCUT2D eigenvalue weighted by molar-refractivity contribution is 5.89. The molecule has 0 radical (unpaired) electrons. The highest BCUT2D eigenvalue weighted by atomic mass is 16.1. The van der Waals surface area contributed by atoms with Crippen molar-refractivity contribution in [3.05, 3.63) is 41.6 Å². The van der Waals surface area contributed by atoms with Crippen LogP contribution in [0.15, 0.2) is 30.5 Å². The number of hydrogen-bond acceptors (Lipinski definition) is 5. The van der Waals surface area contributed by atoms with Crippen LogP contribution in [0.1, 0.15) is 35.7 Å². The van der Waals surface area contributed by atoms with E-state index in [0.29, 0.717) is 12.0 Å². The van der Waals surface area contributed by atoms with Gasteiger partial charge in [0, 0.05) is 41.8 Å². The molecule has 0 aromatic heterocycles. The van der Waals surface area contributed by atoms with Crippen molar-refractivity contribution in [2.45, 2.75) is 25.8 Å². The molecular weight excluding hydrogens is 304 g/mol. The predicted octanol–water partition coefficient (Wildman–Crippen LogP) is 2.51. The maximum atomic E-state index is 10.4. The molecule has 6 heteroatoms. The summed E-state index contributed by atoms with van der Waals surface area (Å²) in [5.41, 5.74) is 2.95. The fourth-order valence-corrected chi connectivity index (χ4v) is 2.19. The van der Waals surface area contributed by atoms with Gasteiger partial charge in [0.2, 0.25) is 6.41 Å². The summed E-state index contributed by atoms with van der Waals surface area (Å²) >= 11 is 0. The highest BCUT2D eigenvalue weighted by Crippen LogP contribution is 2.13. The Kier molecular flexibility index (Phi) is 10.8. The number of aldehydes is 1. The quantitative estimate of drug-likeness (QED) is 0.479. The number of rotatable bonds is 9. The molecule has 1 atom stereocenters. The summed E-state index contributed by atoms with van der Waals surface area (Å²) in [5.74, 6) is 0. The Morgan fingerprint density at radius 2 is 2.04 bits per heavy atom. The average Bonchev–Trinajstić information content (AvgIpc) is 2.59. The summed E-state index contributed by atoms with van der Waals surface area (Å²) in [4.78, 5) is 22.6. The molecule has 24 heavy (non-hydrogen) atoms. The van der Waals surface area contributed by atoms with Gasteiger partial charge in [0.1, 0.15) is 6.29 Å². The molecule has 0 aliphatic rings. The lowest BCUT2D eigenvalue weighted by Gasteiger charge is -2.25. The number of amides is 1. The molecule has 0 spiro atoms. The van der Waals surface area contributed by atoms with E-state index in [1.807, 2.05) is 14.1 Å². The third-order valence-electron chi connectivity index (χ3n) is 3.47. The molecule has 0 fully saturated rings. The molecule has 0 saturated heterocycles. The average molecular weight is 332 g/mol. The largest absolute Gasteiger partial charge is 0.388 e. The van der Waals surface area contributed by atoms with E-state index in [4.69, 9.17) is 5.41 Å². The van der Waals surface area contributed by atoms with Crippen molar-refractivity contribution < 1.29 is 9.59 Å².